The van der Waals surface area contributed by atoms with Gasteiger partial charge in [0.15, 0.2) is 0 Å². The highest BCUT2D eigenvalue weighted by molar-refractivity contribution is 7.07. The van der Waals surface area contributed by atoms with Crippen molar-refractivity contribution < 1.29 is 4.74 Å². The predicted molar refractivity (Wildman–Crippen MR) is 70.3 cm³/mol. The number of hydrogen-bond acceptors (Lipinski definition) is 5. The maximum atomic E-state index is 5.14. The Morgan fingerprint density at radius 3 is 3.06 bits per heavy atom. The van der Waals surface area contributed by atoms with E-state index >= 15 is 0 Å². The molecular formula is C12H21N3OS. The van der Waals surface area contributed by atoms with E-state index in [9.17, 15) is 0 Å². The zero-order chi connectivity index (χ0) is 12.1. The molecule has 0 saturated carbocycles. The smallest absolute Gasteiger partial charge is 0.0795 e. The summed E-state index contributed by atoms with van der Waals surface area (Å²) in [4.78, 5) is 9.34. The Labute approximate surface area is 107 Å². The number of piperazine rings is 1. The van der Waals surface area contributed by atoms with Crippen molar-refractivity contribution in [3.8, 4) is 0 Å². The van der Waals surface area contributed by atoms with Crippen LogP contribution >= 0.6 is 11.3 Å². The van der Waals surface area contributed by atoms with Gasteiger partial charge in [-0.15, -0.1) is 11.3 Å². The molecule has 96 valence electrons. The molecule has 1 fully saturated rings. The summed E-state index contributed by atoms with van der Waals surface area (Å²) in [6.07, 6.45) is 0. The molecule has 0 bridgehead atoms. The van der Waals surface area contributed by atoms with Crippen LogP contribution in [0.15, 0.2) is 10.9 Å². The molecule has 5 heteroatoms. The Balaban J connectivity index is 1.78. The third kappa shape index (κ3) is 3.74. The maximum Gasteiger partial charge on any atom is 0.0795 e. The van der Waals surface area contributed by atoms with E-state index in [4.69, 9.17) is 4.74 Å². The first-order valence-corrected chi connectivity index (χ1v) is 7.06. The topological polar surface area (TPSA) is 28.6 Å². The van der Waals surface area contributed by atoms with Crippen molar-refractivity contribution in [2.45, 2.75) is 19.5 Å². The van der Waals surface area contributed by atoms with Crippen molar-refractivity contribution in [1.29, 1.82) is 0 Å². The molecule has 2 rings (SSSR count). The molecule has 1 aromatic rings. The number of methoxy groups -OCH3 is 1. The number of hydrogen-bond donors (Lipinski definition) is 0. The Bertz CT molecular complexity index is 318. The predicted octanol–water partition coefficient (Wildman–Crippen LogP) is 1.30. The van der Waals surface area contributed by atoms with Crippen LogP contribution in [-0.4, -0.2) is 60.7 Å². The van der Waals surface area contributed by atoms with Gasteiger partial charge in [-0.05, 0) is 6.92 Å². The molecule has 1 aromatic heterocycles. The third-order valence-corrected chi connectivity index (χ3v) is 3.94. The van der Waals surface area contributed by atoms with Gasteiger partial charge in [0.05, 0.1) is 17.8 Å². The average molecular weight is 255 g/mol. The lowest BCUT2D eigenvalue weighted by atomic mass is 10.2. The van der Waals surface area contributed by atoms with Gasteiger partial charge < -0.3 is 4.74 Å². The van der Waals surface area contributed by atoms with Crippen LogP contribution in [0.2, 0.25) is 0 Å². The summed E-state index contributed by atoms with van der Waals surface area (Å²) in [7, 11) is 1.77. The second-order valence-corrected chi connectivity index (χ2v) is 5.31. The average Bonchev–Trinajstić information content (AvgIpc) is 2.81. The molecule has 0 amide bonds. The van der Waals surface area contributed by atoms with Gasteiger partial charge in [0.25, 0.3) is 0 Å². The summed E-state index contributed by atoms with van der Waals surface area (Å²) in [5.74, 6) is 0. The quantitative estimate of drug-likeness (QED) is 0.793. The Kier molecular flexibility index (Phi) is 4.91. The molecule has 0 radical (unpaired) electrons. The molecule has 17 heavy (non-hydrogen) atoms. The van der Waals surface area contributed by atoms with Crippen molar-refractivity contribution in [2.75, 3.05) is 39.9 Å². The van der Waals surface area contributed by atoms with Crippen molar-refractivity contribution >= 4 is 11.3 Å². The molecule has 1 aliphatic heterocycles. The number of aromatic nitrogens is 1. The first kappa shape index (κ1) is 13.0. The fraction of sp³-hybridized carbons (Fsp3) is 0.750. The van der Waals surface area contributed by atoms with Crippen LogP contribution in [0.25, 0.3) is 0 Å². The highest BCUT2D eigenvalue weighted by atomic mass is 32.1. The van der Waals surface area contributed by atoms with Crippen LogP contribution in [0, 0.1) is 0 Å². The first-order chi connectivity index (χ1) is 8.29. The van der Waals surface area contributed by atoms with Crippen molar-refractivity contribution in [2.24, 2.45) is 0 Å². The van der Waals surface area contributed by atoms with E-state index in [1.165, 1.54) is 5.69 Å². The summed E-state index contributed by atoms with van der Waals surface area (Å²) in [5.41, 5.74) is 3.11. The van der Waals surface area contributed by atoms with Gasteiger partial charge in [0.2, 0.25) is 0 Å². The van der Waals surface area contributed by atoms with Crippen molar-refractivity contribution in [3.63, 3.8) is 0 Å². The van der Waals surface area contributed by atoms with Crippen LogP contribution in [-0.2, 0) is 11.3 Å². The number of thiazole rings is 1. The van der Waals surface area contributed by atoms with E-state index in [-0.39, 0.29) is 0 Å². The summed E-state index contributed by atoms with van der Waals surface area (Å²) in [5, 5.41) is 2.14. The molecule has 1 atom stereocenters. The highest BCUT2D eigenvalue weighted by Gasteiger charge is 2.23. The zero-order valence-corrected chi connectivity index (χ0v) is 11.4. The van der Waals surface area contributed by atoms with E-state index in [1.807, 2.05) is 5.51 Å². The minimum Gasteiger partial charge on any atom is -0.383 e. The summed E-state index contributed by atoms with van der Waals surface area (Å²) in [6.45, 7) is 8.55. The van der Waals surface area contributed by atoms with Gasteiger partial charge in [0, 0.05) is 51.3 Å². The lowest BCUT2D eigenvalue weighted by molar-refractivity contribution is 0.0553. The van der Waals surface area contributed by atoms with Crippen LogP contribution < -0.4 is 0 Å². The summed E-state index contributed by atoms with van der Waals surface area (Å²) in [6, 6.07) is 0.609. The molecule has 2 heterocycles. The van der Waals surface area contributed by atoms with Gasteiger partial charge in [0.1, 0.15) is 0 Å². The van der Waals surface area contributed by atoms with Crippen LogP contribution in [0.5, 0.6) is 0 Å². The van der Waals surface area contributed by atoms with E-state index in [1.54, 1.807) is 18.4 Å². The second-order valence-electron chi connectivity index (χ2n) is 4.59. The highest BCUT2D eigenvalue weighted by Crippen LogP contribution is 2.12. The number of nitrogens with zero attached hydrogens (tertiary/aromatic N) is 3. The van der Waals surface area contributed by atoms with E-state index in [0.29, 0.717) is 6.04 Å². The second kappa shape index (κ2) is 6.44. The molecule has 1 saturated heterocycles. The molecule has 1 unspecified atom stereocenters. The molecule has 4 nitrogen and oxygen atoms in total. The molecular weight excluding hydrogens is 234 g/mol. The van der Waals surface area contributed by atoms with Crippen LogP contribution in [0.4, 0.5) is 0 Å². The minimum atomic E-state index is 0.609. The number of ether oxygens (including phenoxy) is 1. The van der Waals surface area contributed by atoms with E-state index < -0.39 is 0 Å². The summed E-state index contributed by atoms with van der Waals surface area (Å²) >= 11 is 1.68. The largest absolute Gasteiger partial charge is 0.383 e. The van der Waals surface area contributed by atoms with Gasteiger partial charge in [-0.2, -0.15) is 0 Å². The fourth-order valence-electron chi connectivity index (χ4n) is 2.30. The summed E-state index contributed by atoms with van der Waals surface area (Å²) < 4.78 is 5.14. The normalized spacial score (nSPS) is 23.1. The Morgan fingerprint density at radius 1 is 1.53 bits per heavy atom. The fourth-order valence-corrected chi connectivity index (χ4v) is 2.85. The van der Waals surface area contributed by atoms with Gasteiger partial charge in [-0.3, -0.25) is 9.80 Å². The molecule has 0 N–H and O–H groups in total. The Hall–Kier alpha value is -0.490. The lowest BCUT2D eigenvalue weighted by Gasteiger charge is -2.39. The first-order valence-electron chi connectivity index (χ1n) is 6.12. The minimum absolute atomic E-state index is 0.609. The molecule has 0 spiro atoms. The van der Waals surface area contributed by atoms with Gasteiger partial charge >= 0.3 is 0 Å². The van der Waals surface area contributed by atoms with Crippen molar-refractivity contribution in [1.82, 2.24) is 14.8 Å². The SMILES string of the molecule is COCCN1CCN(Cc2cscn2)CC1C. The maximum absolute atomic E-state index is 5.14. The zero-order valence-electron chi connectivity index (χ0n) is 10.6. The standard InChI is InChI=1S/C12H21N3OS/c1-11-7-14(8-12-9-17-10-13-12)3-4-15(11)5-6-16-2/h9-11H,3-8H2,1-2H3. The number of rotatable bonds is 5. The van der Waals surface area contributed by atoms with E-state index in [0.717, 1.165) is 39.3 Å². The Morgan fingerprint density at radius 2 is 2.41 bits per heavy atom. The van der Waals surface area contributed by atoms with Gasteiger partial charge in [-0.25, -0.2) is 4.98 Å². The molecule has 0 aliphatic carbocycles. The molecule has 0 aromatic carbocycles. The third-order valence-electron chi connectivity index (χ3n) is 3.30. The monoisotopic (exact) mass is 255 g/mol. The van der Waals surface area contributed by atoms with Gasteiger partial charge in [-0.1, -0.05) is 0 Å². The van der Waals surface area contributed by atoms with E-state index in [2.05, 4.69) is 27.1 Å². The molecule has 1 aliphatic rings. The lowest BCUT2D eigenvalue weighted by Crippen LogP contribution is -2.52. The van der Waals surface area contributed by atoms with Crippen LogP contribution in [0.3, 0.4) is 0 Å². The van der Waals surface area contributed by atoms with Crippen molar-refractivity contribution in [3.05, 3.63) is 16.6 Å². The van der Waals surface area contributed by atoms with Crippen LogP contribution in [0.1, 0.15) is 12.6 Å².